The minimum Gasteiger partial charge on any atom is -0.468 e. The van der Waals surface area contributed by atoms with Crippen molar-refractivity contribution < 1.29 is 18.3 Å². The number of benzene rings is 1. The number of halogens is 4. The highest BCUT2D eigenvalue weighted by atomic mass is 79.9. The monoisotopic (exact) mass is 315 g/mol. The zero-order valence-corrected chi connectivity index (χ0v) is 10.6. The number of ether oxygens (including phenoxy) is 1. The Balaban J connectivity index is 0.00000225. The quantitative estimate of drug-likeness (QED) is 0.673. The molecule has 0 unspecified atom stereocenters. The summed E-state index contributed by atoms with van der Waals surface area (Å²) >= 11 is 2.87. The van der Waals surface area contributed by atoms with Crippen LogP contribution < -0.4 is 5.73 Å². The zero-order valence-electron chi connectivity index (χ0n) is 8.17. The molecule has 0 aliphatic carbocycles. The predicted molar refractivity (Wildman–Crippen MR) is 60.3 cm³/mol. The Morgan fingerprint density at radius 2 is 2.06 bits per heavy atom. The van der Waals surface area contributed by atoms with E-state index in [4.69, 9.17) is 5.73 Å². The molecule has 2 N–H and O–H groups in total. The molecule has 0 aliphatic heterocycles. The standard InChI is InChI=1S/C9H8BrF2NO2.ClH/c1-15-9(14)8(13)6-5(11)3-2-4(10)7(6)12;/h2-3,8H,13H2,1H3;1H/t8-;/m0./s1. The first-order chi connectivity index (χ1) is 6.99. The second-order valence-electron chi connectivity index (χ2n) is 2.76. The van der Waals surface area contributed by atoms with E-state index in [0.29, 0.717) is 0 Å². The van der Waals surface area contributed by atoms with E-state index in [1.807, 2.05) is 0 Å². The molecule has 90 valence electrons. The molecular formula is C9H9BrClF2NO2. The van der Waals surface area contributed by atoms with Crippen LogP contribution in [0.2, 0.25) is 0 Å². The molecule has 0 bridgehead atoms. The number of nitrogens with two attached hydrogens (primary N) is 1. The van der Waals surface area contributed by atoms with Crippen LogP contribution in [0.15, 0.2) is 16.6 Å². The van der Waals surface area contributed by atoms with Gasteiger partial charge in [-0.05, 0) is 28.1 Å². The van der Waals surface area contributed by atoms with Crippen molar-refractivity contribution in [3.63, 3.8) is 0 Å². The second kappa shape index (κ2) is 6.12. The molecule has 0 saturated heterocycles. The molecule has 0 saturated carbocycles. The van der Waals surface area contributed by atoms with Crippen molar-refractivity contribution in [3.8, 4) is 0 Å². The van der Waals surface area contributed by atoms with Crippen LogP contribution in [0.1, 0.15) is 11.6 Å². The van der Waals surface area contributed by atoms with Crippen molar-refractivity contribution in [2.24, 2.45) is 5.73 Å². The number of hydrogen-bond acceptors (Lipinski definition) is 3. The molecular weight excluding hydrogens is 307 g/mol. The average molecular weight is 317 g/mol. The van der Waals surface area contributed by atoms with Gasteiger partial charge in [0.25, 0.3) is 0 Å². The van der Waals surface area contributed by atoms with Crippen LogP contribution >= 0.6 is 28.3 Å². The zero-order chi connectivity index (χ0) is 11.6. The third-order valence-electron chi connectivity index (χ3n) is 1.85. The average Bonchev–Trinajstić information content (AvgIpc) is 2.22. The van der Waals surface area contributed by atoms with Crippen LogP contribution in [0.5, 0.6) is 0 Å². The molecule has 0 aromatic heterocycles. The first-order valence-electron chi connectivity index (χ1n) is 3.95. The van der Waals surface area contributed by atoms with Gasteiger partial charge in [-0.3, -0.25) is 4.79 Å². The Hall–Kier alpha value is -0.720. The van der Waals surface area contributed by atoms with E-state index in [9.17, 15) is 13.6 Å². The molecule has 0 heterocycles. The highest BCUT2D eigenvalue weighted by Crippen LogP contribution is 2.26. The molecule has 7 heteroatoms. The van der Waals surface area contributed by atoms with Crippen molar-refractivity contribution >= 4 is 34.3 Å². The van der Waals surface area contributed by atoms with E-state index in [0.717, 1.165) is 13.2 Å². The summed E-state index contributed by atoms with van der Waals surface area (Å²) in [5.41, 5.74) is 4.84. The van der Waals surface area contributed by atoms with Gasteiger partial charge in [0.15, 0.2) is 0 Å². The third kappa shape index (κ3) is 2.90. The molecule has 1 aromatic carbocycles. The number of carbonyl (C=O) groups is 1. The highest BCUT2D eigenvalue weighted by molar-refractivity contribution is 9.10. The normalized spacial score (nSPS) is 11.6. The van der Waals surface area contributed by atoms with Crippen molar-refractivity contribution in [2.75, 3.05) is 7.11 Å². The van der Waals surface area contributed by atoms with E-state index in [2.05, 4.69) is 20.7 Å². The molecule has 1 rings (SSSR count). The Kier molecular flexibility index (Phi) is 5.85. The second-order valence-corrected chi connectivity index (χ2v) is 3.61. The van der Waals surface area contributed by atoms with E-state index in [-0.39, 0.29) is 16.9 Å². The van der Waals surface area contributed by atoms with Gasteiger partial charge in [0.05, 0.1) is 17.1 Å². The van der Waals surface area contributed by atoms with Gasteiger partial charge in [0.1, 0.15) is 17.7 Å². The lowest BCUT2D eigenvalue weighted by Gasteiger charge is -2.12. The van der Waals surface area contributed by atoms with E-state index < -0.39 is 29.2 Å². The summed E-state index contributed by atoms with van der Waals surface area (Å²) in [6, 6.07) is 0.746. The summed E-state index contributed by atoms with van der Waals surface area (Å²) in [7, 11) is 1.09. The van der Waals surface area contributed by atoms with E-state index >= 15 is 0 Å². The summed E-state index contributed by atoms with van der Waals surface area (Å²) < 4.78 is 31.0. The maximum absolute atomic E-state index is 13.4. The lowest BCUT2D eigenvalue weighted by molar-refractivity contribution is -0.142. The Labute approximate surface area is 105 Å². The highest BCUT2D eigenvalue weighted by Gasteiger charge is 2.25. The SMILES string of the molecule is COC(=O)[C@@H](N)c1c(F)ccc(Br)c1F.Cl. The van der Waals surface area contributed by atoms with Crippen molar-refractivity contribution in [1.82, 2.24) is 0 Å². The fourth-order valence-electron chi connectivity index (χ4n) is 1.07. The van der Waals surface area contributed by atoms with Gasteiger partial charge < -0.3 is 10.5 Å². The van der Waals surface area contributed by atoms with Crippen molar-refractivity contribution in [1.29, 1.82) is 0 Å². The van der Waals surface area contributed by atoms with Gasteiger partial charge in [-0.15, -0.1) is 12.4 Å². The first kappa shape index (κ1) is 15.3. The largest absolute Gasteiger partial charge is 0.468 e. The number of methoxy groups -OCH3 is 1. The number of hydrogen-bond donors (Lipinski definition) is 1. The van der Waals surface area contributed by atoms with Crippen LogP contribution in [-0.4, -0.2) is 13.1 Å². The summed E-state index contributed by atoms with van der Waals surface area (Å²) in [6.07, 6.45) is 0. The van der Waals surface area contributed by atoms with Gasteiger partial charge >= 0.3 is 5.97 Å². The Morgan fingerprint density at radius 3 is 2.56 bits per heavy atom. The summed E-state index contributed by atoms with van der Waals surface area (Å²) in [5, 5.41) is 0. The smallest absolute Gasteiger partial charge is 0.327 e. The Bertz CT molecular complexity index is 403. The van der Waals surface area contributed by atoms with E-state index in [1.165, 1.54) is 6.07 Å². The molecule has 16 heavy (non-hydrogen) atoms. The van der Waals surface area contributed by atoms with Crippen molar-refractivity contribution in [3.05, 3.63) is 33.8 Å². The van der Waals surface area contributed by atoms with Crippen LogP contribution in [-0.2, 0) is 9.53 Å². The molecule has 1 atom stereocenters. The molecule has 3 nitrogen and oxygen atoms in total. The van der Waals surface area contributed by atoms with Crippen LogP contribution in [0, 0.1) is 11.6 Å². The number of esters is 1. The fourth-order valence-corrected chi connectivity index (χ4v) is 1.42. The minimum absolute atomic E-state index is 0. The summed E-state index contributed by atoms with van der Waals surface area (Å²) in [5.74, 6) is -2.67. The maximum atomic E-state index is 13.4. The van der Waals surface area contributed by atoms with Gasteiger partial charge in [-0.1, -0.05) is 0 Å². The first-order valence-corrected chi connectivity index (χ1v) is 4.75. The fraction of sp³-hybridized carbons (Fsp3) is 0.222. The summed E-state index contributed by atoms with van der Waals surface area (Å²) in [4.78, 5) is 11.0. The third-order valence-corrected chi connectivity index (χ3v) is 2.46. The molecule has 0 aliphatic rings. The van der Waals surface area contributed by atoms with Gasteiger partial charge in [0, 0.05) is 0 Å². The number of carbonyl (C=O) groups excluding carboxylic acids is 1. The molecule has 0 radical (unpaired) electrons. The molecule has 1 aromatic rings. The van der Waals surface area contributed by atoms with Crippen LogP contribution in [0.4, 0.5) is 8.78 Å². The topological polar surface area (TPSA) is 52.3 Å². The van der Waals surface area contributed by atoms with Gasteiger partial charge in [-0.2, -0.15) is 0 Å². The lowest BCUT2D eigenvalue weighted by atomic mass is 10.1. The summed E-state index contributed by atoms with van der Waals surface area (Å²) in [6.45, 7) is 0. The van der Waals surface area contributed by atoms with E-state index in [1.54, 1.807) is 0 Å². The lowest BCUT2D eigenvalue weighted by Crippen LogP contribution is -2.25. The number of rotatable bonds is 2. The maximum Gasteiger partial charge on any atom is 0.327 e. The van der Waals surface area contributed by atoms with Crippen molar-refractivity contribution in [2.45, 2.75) is 6.04 Å². The Morgan fingerprint density at radius 1 is 1.50 bits per heavy atom. The van der Waals surface area contributed by atoms with Crippen LogP contribution in [0.3, 0.4) is 0 Å². The molecule has 0 spiro atoms. The predicted octanol–water partition coefficient (Wildman–Crippen LogP) is 2.32. The minimum atomic E-state index is -1.47. The molecule has 0 amide bonds. The van der Waals surface area contributed by atoms with Crippen LogP contribution in [0.25, 0.3) is 0 Å². The van der Waals surface area contributed by atoms with Gasteiger partial charge in [-0.25, -0.2) is 8.78 Å². The molecule has 0 fully saturated rings. The van der Waals surface area contributed by atoms with Gasteiger partial charge in [0.2, 0.25) is 0 Å².